The lowest BCUT2D eigenvalue weighted by molar-refractivity contribution is -0.134. The van der Waals surface area contributed by atoms with Crippen molar-refractivity contribution in [3.63, 3.8) is 0 Å². The maximum absolute atomic E-state index is 13.2. The standard InChI is InChI=1S/C20H27NO6S/c1-15-4-2-3-5-16(15)14-27-17-6-8-18(9-7-17)28(24,25)20(19(22)21-23)10-12-26-13-11-20/h2-3,6-9,15-16,23H,4-5,10-14H2,1H3,(H,21,22). The summed E-state index contributed by atoms with van der Waals surface area (Å²) in [7, 11) is -4.01. The third-order valence-electron chi connectivity index (χ3n) is 5.85. The van der Waals surface area contributed by atoms with Crippen LogP contribution in [0.2, 0.25) is 0 Å². The minimum absolute atomic E-state index is 0.00688. The first-order chi connectivity index (χ1) is 13.4. The van der Waals surface area contributed by atoms with Crippen LogP contribution in [0.4, 0.5) is 0 Å². The molecule has 1 heterocycles. The maximum Gasteiger partial charge on any atom is 0.265 e. The molecule has 0 spiro atoms. The van der Waals surface area contributed by atoms with Gasteiger partial charge in [-0.25, -0.2) is 13.9 Å². The van der Waals surface area contributed by atoms with Gasteiger partial charge < -0.3 is 9.47 Å². The molecule has 1 aromatic carbocycles. The minimum Gasteiger partial charge on any atom is -0.493 e. The Hall–Kier alpha value is -1.90. The predicted molar refractivity (Wildman–Crippen MR) is 103 cm³/mol. The van der Waals surface area contributed by atoms with Crippen LogP contribution in [-0.4, -0.2) is 44.1 Å². The van der Waals surface area contributed by atoms with Gasteiger partial charge in [-0.2, -0.15) is 0 Å². The van der Waals surface area contributed by atoms with Gasteiger partial charge in [-0.05, 0) is 61.8 Å². The van der Waals surface area contributed by atoms with Crippen molar-refractivity contribution >= 4 is 15.7 Å². The third-order valence-corrected chi connectivity index (χ3v) is 8.36. The summed E-state index contributed by atoms with van der Waals surface area (Å²) in [6, 6.07) is 6.13. The molecule has 8 heteroatoms. The number of amides is 1. The monoisotopic (exact) mass is 409 g/mol. The highest BCUT2D eigenvalue weighted by molar-refractivity contribution is 7.93. The molecule has 0 radical (unpaired) electrons. The highest BCUT2D eigenvalue weighted by Crippen LogP contribution is 2.36. The molecule has 2 aliphatic rings. The second-order valence-electron chi connectivity index (χ2n) is 7.51. The topological polar surface area (TPSA) is 102 Å². The zero-order chi connectivity index (χ0) is 20.2. The average Bonchev–Trinajstić information content (AvgIpc) is 2.73. The number of carbonyl (C=O) groups is 1. The summed E-state index contributed by atoms with van der Waals surface area (Å²) in [6.45, 7) is 3.06. The molecular formula is C20H27NO6S. The van der Waals surface area contributed by atoms with Gasteiger partial charge >= 0.3 is 0 Å². The molecule has 1 aliphatic heterocycles. The van der Waals surface area contributed by atoms with Crippen molar-refractivity contribution in [3.05, 3.63) is 36.4 Å². The van der Waals surface area contributed by atoms with E-state index in [1.165, 1.54) is 17.6 Å². The smallest absolute Gasteiger partial charge is 0.265 e. The Morgan fingerprint density at radius 2 is 1.86 bits per heavy atom. The molecule has 0 aromatic heterocycles. The molecular weight excluding hydrogens is 382 g/mol. The number of nitrogens with one attached hydrogen (secondary N) is 1. The van der Waals surface area contributed by atoms with Crippen LogP contribution in [-0.2, 0) is 19.4 Å². The van der Waals surface area contributed by atoms with Crippen LogP contribution in [0.5, 0.6) is 5.75 Å². The lowest BCUT2D eigenvalue weighted by Crippen LogP contribution is -2.54. The van der Waals surface area contributed by atoms with Gasteiger partial charge in [0.2, 0.25) is 0 Å². The second-order valence-corrected chi connectivity index (χ2v) is 9.77. The second kappa shape index (κ2) is 8.63. The average molecular weight is 410 g/mol. The molecule has 0 bridgehead atoms. The molecule has 7 nitrogen and oxygen atoms in total. The number of hydrogen-bond acceptors (Lipinski definition) is 6. The van der Waals surface area contributed by atoms with Crippen LogP contribution < -0.4 is 10.2 Å². The molecule has 2 N–H and O–H groups in total. The van der Waals surface area contributed by atoms with Crippen LogP contribution in [0.25, 0.3) is 0 Å². The maximum atomic E-state index is 13.2. The molecule has 1 fully saturated rings. The summed E-state index contributed by atoms with van der Waals surface area (Å²) in [4.78, 5) is 12.3. The molecule has 2 unspecified atom stereocenters. The highest BCUT2D eigenvalue weighted by atomic mass is 32.2. The highest BCUT2D eigenvalue weighted by Gasteiger charge is 2.52. The Morgan fingerprint density at radius 1 is 1.21 bits per heavy atom. The van der Waals surface area contributed by atoms with Crippen molar-refractivity contribution in [3.8, 4) is 5.75 Å². The summed E-state index contributed by atoms with van der Waals surface area (Å²) >= 11 is 0. The number of allylic oxidation sites excluding steroid dienone is 2. The molecule has 0 saturated carbocycles. The van der Waals surface area contributed by atoms with E-state index in [1.54, 1.807) is 12.1 Å². The number of rotatable bonds is 6. The van der Waals surface area contributed by atoms with E-state index >= 15 is 0 Å². The normalized spacial score (nSPS) is 24.5. The number of benzene rings is 1. The van der Waals surface area contributed by atoms with Gasteiger partial charge in [0.05, 0.1) is 11.5 Å². The third kappa shape index (κ3) is 3.94. The number of hydrogen-bond donors (Lipinski definition) is 2. The Bertz CT molecular complexity index is 812. The van der Waals surface area contributed by atoms with Crippen molar-refractivity contribution in [2.24, 2.45) is 11.8 Å². The number of carbonyl (C=O) groups excluding carboxylic acids is 1. The quantitative estimate of drug-likeness (QED) is 0.425. The van der Waals surface area contributed by atoms with Crippen molar-refractivity contribution in [2.45, 2.75) is 42.2 Å². The summed E-state index contributed by atoms with van der Waals surface area (Å²) in [6.07, 6.45) is 6.37. The molecule has 3 rings (SSSR count). The fourth-order valence-corrected chi connectivity index (χ4v) is 5.74. The van der Waals surface area contributed by atoms with Crippen LogP contribution in [0.3, 0.4) is 0 Å². The van der Waals surface area contributed by atoms with Crippen LogP contribution in [0.1, 0.15) is 32.6 Å². The first-order valence-corrected chi connectivity index (χ1v) is 11.0. The van der Waals surface area contributed by atoms with Crippen LogP contribution >= 0.6 is 0 Å². The van der Waals surface area contributed by atoms with E-state index in [4.69, 9.17) is 14.7 Å². The Balaban J connectivity index is 1.75. The fraction of sp³-hybridized carbons (Fsp3) is 0.550. The van der Waals surface area contributed by atoms with Gasteiger partial charge in [-0.15, -0.1) is 0 Å². The molecule has 1 aromatic rings. The van der Waals surface area contributed by atoms with E-state index in [1.807, 2.05) is 0 Å². The fourth-order valence-electron chi connectivity index (χ4n) is 3.80. The van der Waals surface area contributed by atoms with Gasteiger partial charge in [0.15, 0.2) is 14.6 Å². The molecule has 154 valence electrons. The van der Waals surface area contributed by atoms with E-state index in [2.05, 4.69) is 19.1 Å². The predicted octanol–water partition coefficient (Wildman–Crippen LogP) is 2.50. The van der Waals surface area contributed by atoms with Crippen LogP contribution in [0, 0.1) is 11.8 Å². The lowest BCUT2D eigenvalue weighted by Gasteiger charge is -2.34. The van der Waals surface area contributed by atoms with Crippen molar-refractivity contribution in [1.82, 2.24) is 5.48 Å². The van der Waals surface area contributed by atoms with E-state index in [-0.39, 0.29) is 31.0 Å². The van der Waals surface area contributed by atoms with Gasteiger partial charge in [0.25, 0.3) is 5.91 Å². The van der Waals surface area contributed by atoms with Gasteiger partial charge in [0, 0.05) is 13.2 Å². The van der Waals surface area contributed by atoms with Gasteiger partial charge in [-0.1, -0.05) is 19.1 Å². The van der Waals surface area contributed by atoms with Crippen molar-refractivity contribution in [2.75, 3.05) is 19.8 Å². The summed E-state index contributed by atoms with van der Waals surface area (Å²) in [5, 5.41) is 9.09. The van der Waals surface area contributed by atoms with E-state index in [0.717, 1.165) is 12.8 Å². The number of hydroxylamine groups is 1. The zero-order valence-electron chi connectivity index (χ0n) is 16.0. The first-order valence-electron chi connectivity index (χ1n) is 9.55. The number of ether oxygens (including phenoxy) is 2. The lowest BCUT2D eigenvalue weighted by atomic mass is 9.85. The Labute approximate surface area is 165 Å². The number of sulfone groups is 1. The summed E-state index contributed by atoms with van der Waals surface area (Å²) in [5.74, 6) is 0.658. The SMILES string of the molecule is CC1CC=CCC1COc1ccc(S(=O)(=O)C2(C(=O)NO)CCOCC2)cc1. The van der Waals surface area contributed by atoms with E-state index in [9.17, 15) is 13.2 Å². The van der Waals surface area contributed by atoms with E-state index < -0.39 is 20.5 Å². The van der Waals surface area contributed by atoms with Crippen LogP contribution in [0.15, 0.2) is 41.3 Å². The van der Waals surface area contributed by atoms with E-state index in [0.29, 0.717) is 24.2 Å². The van der Waals surface area contributed by atoms with Crippen molar-refractivity contribution < 1.29 is 27.9 Å². The minimum atomic E-state index is -4.01. The Kier molecular flexibility index (Phi) is 6.42. The molecule has 2 atom stereocenters. The largest absolute Gasteiger partial charge is 0.493 e. The van der Waals surface area contributed by atoms with Gasteiger partial charge in [-0.3, -0.25) is 10.0 Å². The first kappa shape index (κ1) is 20.8. The molecule has 28 heavy (non-hydrogen) atoms. The Morgan fingerprint density at radius 3 is 2.46 bits per heavy atom. The molecule has 1 saturated heterocycles. The zero-order valence-corrected chi connectivity index (χ0v) is 16.8. The van der Waals surface area contributed by atoms with Gasteiger partial charge in [0.1, 0.15) is 5.75 Å². The molecule has 1 aliphatic carbocycles. The summed E-state index contributed by atoms with van der Waals surface area (Å²) < 4.78 is 35.7. The van der Waals surface area contributed by atoms with Crippen molar-refractivity contribution in [1.29, 1.82) is 0 Å². The summed E-state index contributed by atoms with van der Waals surface area (Å²) in [5.41, 5.74) is 1.52. The molecule has 1 amide bonds.